The summed E-state index contributed by atoms with van der Waals surface area (Å²) in [6.07, 6.45) is 0. The van der Waals surface area contributed by atoms with Crippen LogP contribution in [0.3, 0.4) is 0 Å². The van der Waals surface area contributed by atoms with E-state index in [4.69, 9.17) is 0 Å². The van der Waals surface area contributed by atoms with Gasteiger partial charge in [-0.25, -0.2) is 12.8 Å². The monoisotopic (exact) mass is 497 g/mol. The van der Waals surface area contributed by atoms with Crippen LogP contribution in [0.1, 0.15) is 18.1 Å². The Kier molecular flexibility index (Phi) is 8.24. The number of hydrogen-bond acceptors (Lipinski definition) is 4. The minimum atomic E-state index is -4.21. The minimum absolute atomic E-state index is 0.124. The molecule has 1 atom stereocenters. The minimum Gasteiger partial charge on any atom is -0.357 e. The highest BCUT2D eigenvalue weighted by Gasteiger charge is 2.32. The van der Waals surface area contributed by atoms with E-state index in [1.807, 2.05) is 31.2 Å². The molecule has 0 saturated heterocycles. The molecule has 3 rings (SSSR count). The number of carbonyl (C=O) groups is 2. The van der Waals surface area contributed by atoms with Crippen molar-refractivity contribution < 1.29 is 22.4 Å². The van der Waals surface area contributed by atoms with Crippen molar-refractivity contribution in [1.82, 2.24) is 10.2 Å². The van der Waals surface area contributed by atoms with Crippen LogP contribution in [0.25, 0.3) is 0 Å². The smallest absolute Gasteiger partial charge is 0.264 e. The summed E-state index contributed by atoms with van der Waals surface area (Å²) < 4.78 is 41.5. The molecule has 0 heterocycles. The number of carbonyl (C=O) groups excluding carboxylic acids is 2. The van der Waals surface area contributed by atoms with Gasteiger partial charge in [-0.3, -0.25) is 13.9 Å². The van der Waals surface area contributed by atoms with Gasteiger partial charge in [0.25, 0.3) is 10.0 Å². The normalized spacial score (nSPS) is 12.0. The molecule has 1 N–H and O–H groups in total. The molecular weight excluding hydrogens is 469 g/mol. The van der Waals surface area contributed by atoms with Gasteiger partial charge in [0.05, 0.1) is 10.6 Å². The van der Waals surface area contributed by atoms with Crippen LogP contribution in [0.2, 0.25) is 0 Å². The summed E-state index contributed by atoms with van der Waals surface area (Å²) in [5, 5.41) is 2.55. The molecule has 0 aliphatic rings. The van der Waals surface area contributed by atoms with Gasteiger partial charge in [0.2, 0.25) is 11.8 Å². The third-order valence-electron chi connectivity index (χ3n) is 5.74. The summed E-state index contributed by atoms with van der Waals surface area (Å²) in [5.41, 5.74) is 2.05. The number of benzene rings is 3. The molecular formula is C26H28FN3O4S. The maximum absolute atomic E-state index is 13.6. The molecule has 3 aromatic rings. The molecule has 2 amide bonds. The lowest BCUT2D eigenvalue weighted by atomic mass is 10.1. The highest BCUT2D eigenvalue weighted by molar-refractivity contribution is 7.92. The van der Waals surface area contributed by atoms with Crippen molar-refractivity contribution in [1.29, 1.82) is 0 Å². The molecule has 9 heteroatoms. The predicted molar refractivity (Wildman–Crippen MR) is 133 cm³/mol. The Morgan fingerprint density at radius 3 is 2.14 bits per heavy atom. The first kappa shape index (κ1) is 25.9. The van der Waals surface area contributed by atoms with Crippen molar-refractivity contribution in [3.63, 3.8) is 0 Å². The standard InChI is InChI=1S/C26H28FN3O4S/c1-19-9-7-8-10-21(19)17-29(20(2)26(32)28-3)25(31)18-30(23-11-5-4-6-12-23)35(33,34)24-15-13-22(27)14-16-24/h4-16,20H,17-18H2,1-3H3,(H,28,32)/t20-/m1/s1. The number of halogens is 1. The molecule has 0 spiro atoms. The van der Waals surface area contributed by atoms with Crippen molar-refractivity contribution in [2.75, 3.05) is 17.9 Å². The van der Waals surface area contributed by atoms with Crippen LogP contribution in [0.15, 0.2) is 83.8 Å². The second kappa shape index (κ2) is 11.1. The third-order valence-corrected chi connectivity index (χ3v) is 7.53. The van der Waals surface area contributed by atoms with Gasteiger partial charge in [-0.15, -0.1) is 0 Å². The van der Waals surface area contributed by atoms with Gasteiger partial charge in [0, 0.05) is 13.6 Å². The molecule has 184 valence electrons. The Bertz CT molecular complexity index is 1280. The van der Waals surface area contributed by atoms with Crippen molar-refractivity contribution in [3.8, 4) is 0 Å². The first-order chi connectivity index (χ1) is 16.6. The van der Waals surface area contributed by atoms with E-state index in [-0.39, 0.29) is 23.0 Å². The largest absolute Gasteiger partial charge is 0.357 e. The molecule has 7 nitrogen and oxygen atoms in total. The molecule has 0 unspecified atom stereocenters. The number of hydrogen-bond donors (Lipinski definition) is 1. The number of nitrogens with zero attached hydrogens (tertiary/aromatic N) is 2. The van der Waals surface area contributed by atoms with E-state index in [0.29, 0.717) is 0 Å². The number of amides is 2. The zero-order valence-corrected chi connectivity index (χ0v) is 20.6. The van der Waals surface area contributed by atoms with Crippen LogP contribution in [0.4, 0.5) is 10.1 Å². The van der Waals surface area contributed by atoms with Crippen LogP contribution < -0.4 is 9.62 Å². The van der Waals surface area contributed by atoms with Crippen molar-refractivity contribution in [2.45, 2.75) is 31.3 Å². The van der Waals surface area contributed by atoms with Gasteiger partial charge in [-0.05, 0) is 61.4 Å². The summed E-state index contributed by atoms with van der Waals surface area (Å²) in [6, 6.07) is 19.2. The zero-order chi connectivity index (χ0) is 25.6. The number of rotatable bonds is 9. The Hall–Kier alpha value is -3.72. The van der Waals surface area contributed by atoms with Gasteiger partial charge >= 0.3 is 0 Å². The lowest BCUT2D eigenvalue weighted by Gasteiger charge is -2.32. The average Bonchev–Trinajstić information content (AvgIpc) is 2.86. The molecule has 0 saturated carbocycles. The SMILES string of the molecule is CNC(=O)[C@@H](C)N(Cc1ccccc1C)C(=O)CN(c1ccccc1)S(=O)(=O)c1ccc(F)cc1. The molecule has 3 aromatic carbocycles. The van der Waals surface area contributed by atoms with Gasteiger partial charge in [0.1, 0.15) is 18.4 Å². The van der Waals surface area contributed by atoms with Crippen LogP contribution in [-0.2, 0) is 26.2 Å². The first-order valence-corrected chi connectivity index (χ1v) is 12.5. The van der Waals surface area contributed by atoms with E-state index in [1.165, 1.54) is 11.9 Å². The number of sulfonamides is 1. The van der Waals surface area contributed by atoms with E-state index in [2.05, 4.69) is 5.32 Å². The van der Waals surface area contributed by atoms with Gasteiger partial charge < -0.3 is 10.2 Å². The predicted octanol–water partition coefficient (Wildman–Crippen LogP) is 3.49. The van der Waals surface area contributed by atoms with Crippen LogP contribution in [0.5, 0.6) is 0 Å². The molecule has 0 bridgehead atoms. The zero-order valence-electron chi connectivity index (χ0n) is 19.8. The summed E-state index contributed by atoms with van der Waals surface area (Å²) >= 11 is 0. The Morgan fingerprint density at radius 2 is 1.54 bits per heavy atom. The lowest BCUT2D eigenvalue weighted by molar-refractivity contribution is -0.139. The molecule has 0 aliphatic carbocycles. The second-order valence-corrected chi connectivity index (χ2v) is 9.90. The van der Waals surface area contributed by atoms with Crippen molar-refractivity contribution in [3.05, 3.63) is 95.8 Å². The van der Waals surface area contributed by atoms with Crippen LogP contribution in [-0.4, -0.2) is 44.8 Å². The average molecular weight is 498 g/mol. The summed E-state index contributed by atoms with van der Waals surface area (Å²) in [6.45, 7) is 3.07. The van der Waals surface area contributed by atoms with Gasteiger partial charge in [-0.2, -0.15) is 0 Å². The molecule has 0 aliphatic heterocycles. The van der Waals surface area contributed by atoms with Crippen LogP contribution >= 0.6 is 0 Å². The van der Waals surface area contributed by atoms with Crippen molar-refractivity contribution in [2.24, 2.45) is 0 Å². The Balaban J connectivity index is 2.01. The van der Waals surface area contributed by atoms with E-state index >= 15 is 0 Å². The number of nitrogens with one attached hydrogen (secondary N) is 1. The number of anilines is 1. The fraction of sp³-hybridized carbons (Fsp3) is 0.231. The molecule has 0 fully saturated rings. The van der Waals surface area contributed by atoms with E-state index in [1.54, 1.807) is 37.3 Å². The summed E-state index contributed by atoms with van der Waals surface area (Å²) in [7, 11) is -2.74. The summed E-state index contributed by atoms with van der Waals surface area (Å²) in [4.78, 5) is 27.3. The quantitative estimate of drug-likeness (QED) is 0.490. The third kappa shape index (κ3) is 6.05. The lowest BCUT2D eigenvalue weighted by Crippen LogP contribution is -2.50. The maximum Gasteiger partial charge on any atom is 0.264 e. The Labute approximate surface area is 205 Å². The van der Waals surface area contributed by atoms with Crippen LogP contribution in [0, 0.1) is 12.7 Å². The van der Waals surface area contributed by atoms with Crippen molar-refractivity contribution >= 4 is 27.5 Å². The number of para-hydroxylation sites is 1. The van der Waals surface area contributed by atoms with E-state index in [9.17, 15) is 22.4 Å². The fourth-order valence-corrected chi connectivity index (χ4v) is 5.03. The topological polar surface area (TPSA) is 86.8 Å². The summed E-state index contributed by atoms with van der Waals surface area (Å²) in [5.74, 6) is -1.51. The van der Waals surface area contributed by atoms with E-state index in [0.717, 1.165) is 39.7 Å². The Morgan fingerprint density at radius 1 is 0.943 bits per heavy atom. The second-order valence-electron chi connectivity index (χ2n) is 8.04. The highest BCUT2D eigenvalue weighted by Crippen LogP contribution is 2.24. The van der Waals surface area contributed by atoms with E-state index < -0.39 is 34.3 Å². The highest BCUT2D eigenvalue weighted by atomic mass is 32.2. The number of aryl methyl sites for hydroxylation is 1. The fourth-order valence-electron chi connectivity index (χ4n) is 3.62. The molecule has 0 aromatic heterocycles. The number of likely N-dealkylation sites (N-methyl/N-ethyl adjacent to an activating group) is 1. The molecule has 35 heavy (non-hydrogen) atoms. The van der Waals surface area contributed by atoms with Gasteiger partial charge in [0.15, 0.2) is 0 Å². The van der Waals surface area contributed by atoms with Gasteiger partial charge in [-0.1, -0.05) is 42.5 Å². The first-order valence-electron chi connectivity index (χ1n) is 11.0. The molecule has 0 radical (unpaired) electrons. The maximum atomic E-state index is 13.6.